The molecule has 21 heavy (non-hydrogen) atoms. The first kappa shape index (κ1) is 13.3. The number of hydrogen-bond acceptors (Lipinski definition) is 3. The van der Waals surface area contributed by atoms with E-state index in [1.165, 1.54) is 6.07 Å². The Morgan fingerprint density at radius 3 is 2.76 bits per heavy atom. The van der Waals surface area contributed by atoms with E-state index in [0.717, 1.165) is 17.8 Å². The van der Waals surface area contributed by atoms with Crippen molar-refractivity contribution in [1.82, 2.24) is 0 Å². The first-order valence-corrected chi connectivity index (χ1v) is 6.75. The molecule has 0 N–H and O–H groups in total. The maximum Gasteiger partial charge on any atom is 0.132 e. The maximum atomic E-state index is 14.1. The molecule has 0 aliphatic carbocycles. The van der Waals surface area contributed by atoms with Crippen LogP contribution in [0, 0.1) is 17.1 Å². The molecule has 1 aliphatic rings. The monoisotopic (exact) mass is 279 g/mol. The van der Waals surface area contributed by atoms with Crippen LogP contribution in [0.5, 0.6) is 0 Å². The molecule has 0 saturated carbocycles. The molecular weight excluding hydrogens is 265 g/mol. The lowest BCUT2D eigenvalue weighted by atomic mass is 9.98. The number of likely N-dealkylation sites (N-methyl/N-ethyl adjacent to an activating group) is 1. The molecule has 0 unspecified atom stereocenters. The first-order chi connectivity index (χ1) is 10.2. The van der Waals surface area contributed by atoms with Crippen LogP contribution in [-0.2, 0) is 0 Å². The Hall–Kier alpha value is -2.67. The lowest BCUT2D eigenvalue weighted by Crippen LogP contribution is -2.20. The number of rotatable bonds is 1. The zero-order valence-corrected chi connectivity index (χ0v) is 11.7. The molecule has 3 rings (SSSR count). The number of fused-ring (bicyclic) bond motifs is 1. The van der Waals surface area contributed by atoms with Crippen LogP contribution < -0.4 is 4.90 Å². The van der Waals surface area contributed by atoms with Gasteiger partial charge in [0.05, 0.1) is 23.9 Å². The van der Waals surface area contributed by atoms with Gasteiger partial charge in [0.2, 0.25) is 0 Å². The van der Waals surface area contributed by atoms with Crippen LogP contribution in [0.25, 0.3) is 0 Å². The number of anilines is 1. The number of nitriles is 1. The van der Waals surface area contributed by atoms with E-state index in [2.05, 4.69) is 16.0 Å². The topological polar surface area (TPSA) is 39.4 Å². The highest BCUT2D eigenvalue weighted by atomic mass is 19.1. The Kier molecular flexibility index (Phi) is 3.41. The van der Waals surface area contributed by atoms with E-state index in [-0.39, 0.29) is 5.82 Å². The predicted octanol–water partition coefficient (Wildman–Crippen LogP) is 2.98. The molecule has 2 aromatic carbocycles. The number of benzodiazepines with no additional fused rings is 1. The second kappa shape index (κ2) is 5.37. The van der Waals surface area contributed by atoms with Crippen LogP contribution in [0.15, 0.2) is 47.5 Å². The van der Waals surface area contributed by atoms with Crippen molar-refractivity contribution in [1.29, 1.82) is 5.26 Å². The molecule has 0 fully saturated rings. The van der Waals surface area contributed by atoms with E-state index in [9.17, 15) is 4.39 Å². The molecule has 0 bridgehead atoms. The molecule has 0 atom stereocenters. The van der Waals surface area contributed by atoms with Crippen molar-refractivity contribution in [3.63, 3.8) is 0 Å². The second-order valence-corrected chi connectivity index (χ2v) is 4.98. The van der Waals surface area contributed by atoms with E-state index in [0.29, 0.717) is 23.4 Å². The minimum Gasteiger partial charge on any atom is -0.372 e. The quantitative estimate of drug-likeness (QED) is 0.805. The number of nitrogens with zero attached hydrogens (tertiary/aromatic N) is 3. The Labute approximate surface area is 123 Å². The molecular formula is C17H14FN3. The van der Waals surface area contributed by atoms with E-state index in [1.54, 1.807) is 30.3 Å². The third kappa shape index (κ3) is 2.38. The van der Waals surface area contributed by atoms with Crippen LogP contribution in [0.2, 0.25) is 0 Å². The van der Waals surface area contributed by atoms with Crippen LogP contribution in [-0.4, -0.2) is 25.8 Å². The van der Waals surface area contributed by atoms with Crippen molar-refractivity contribution in [2.75, 3.05) is 25.0 Å². The molecule has 1 aliphatic heterocycles. The molecule has 4 heteroatoms. The maximum absolute atomic E-state index is 14.1. The molecule has 3 nitrogen and oxygen atoms in total. The third-order valence-electron chi connectivity index (χ3n) is 3.63. The predicted molar refractivity (Wildman–Crippen MR) is 81.3 cm³/mol. The highest BCUT2D eigenvalue weighted by Gasteiger charge is 2.20. The largest absolute Gasteiger partial charge is 0.372 e. The van der Waals surface area contributed by atoms with Gasteiger partial charge >= 0.3 is 0 Å². The fourth-order valence-electron chi connectivity index (χ4n) is 2.53. The number of hydrogen-bond donors (Lipinski definition) is 0. The van der Waals surface area contributed by atoms with Crippen molar-refractivity contribution in [2.45, 2.75) is 0 Å². The van der Waals surface area contributed by atoms with Crippen LogP contribution in [0.4, 0.5) is 10.1 Å². The van der Waals surface area contributed by atoms with Crippen LogP contribution in [0.1, 0.15) is 16.7 Å². The van der Waals surface area contributed by atoms with Crippen molar-refractivity contribution in [3.05, 3.63) is 65.0 Å². The molecule has 1 heterocycles. The van der Waals surface area contributed by atoms with Crippen molar-refractivity contribution in [3.8, 4) is 6.07 Å². The third-order valence-corrected chi connectivity index (χ3v) is 3.63. The SMILES string of the molecule is CN1CCN=C(c2ccccc2F)c2cc(C#N)ccc21. The highest BCUT2D eigenvalue weighted by molar-refractivity contribution is 6.16. The van der Waals surface area contributed by atoms with Gasteiger partial charge in [-0.25, -0.2) is 4.39 Å². The summed E-state index contributed by atoms with van der Waals surface area (Å²) in [4.78, 5) is 6.62. The summed E-state index contributed by atoms with van der Waals surface area (Å²) >= 11 is 0. The van der Waals surface area contributed by atoms with E-state index in [4.69, 9.17) is 5.26 Å². The van der Waals surface area contributed by atoms with E-state index < -0.39 is 0 Å². The minimum atomic E-state index is -0.297. The van der Waals surface area contributed by atoms with E-state index >= 15 is 0 Å². The van der Waals surface area contributed by atoms with Crippen LogP contribution >= 0.6 is 0 Å². The second-order valence-electron chi connectivity index (χ2n) is 4.98. The van der Waals surface area contributed by atoms with Gasteiger partial charge in [-0.3, -0.25) is 4.99 Å². The zero-order valence-electron chi connectivity index (χ0n) is 11.7. The summed E-state index contributed by atoms with van der Waals surface area (Å²) in [7, 11) is 1.98. The average molecular weight is 279 g/mol. The van der Waals surface area contributed by atoms with Crippen LogP contribution in [0.3, 0.4) is 0 Å². The smallest absolute Gasteiger partial charge is 0.132 e. The number of halogens is 1. The Balaban J connectivity index is 2.23. The highest BCUT2D eigenvalue weighted by Crippen LogP contribution is 2.27. The zero-order chi connectivity index (χ0) is 14.8. The Morgan fingerprint density at radius 2 is 2.00 bits per heavy atom. The molecule has 0 saturated heterocycles. The molecule has 0 aromatic heterocycles. The molecule has 2 aromatic rings. The van der Waals surface area contributed by atoms with Crippen molar-refractivity contribution in [2.24, 2.45) is 4.99 Å². The lowest BCUT2D eigenvalue weighted by Gasteiger charge is -2.19. The summed E-state index contributed by atoms with van der Waals surface area (Å²) in [5.74, 6) is -0.297. The van der Waals surface area contributed by atoms with Crippen molar-refractivity contribution >= 4 is 11.4 Å². The first-order valence-electron chi connectivity index (χ1n) is 6.75. The Morgan fingerprint density at radius 1 is 1.19 bits per heavy atom. The summed E-state index contributed by atoms with van der Waals surface area (Å²) in [6.45, 7) is 1.35. The van der Waals surface area contributed by atoms with Gasteiger partial charge in [0.1, 0.15) is 5.82 Å². The summed E-state index contributed by atoms with van der Waals surface area (Å²) in [5, 5.41) is 9.11. The molecule has 0 amide bonds. The van der Waals surface area contributed by atoms with Gasteiger partial charge in [-0.15, -0.1) is 0 Å². The molecule has 104 valence electrons. The lowest BCUT2D eigenvalue weighted by molar-refractivity contribution is 0.625. The van der Waals surface area contributed by atoms with Gasteiger partial charge in [0.15, 0.2) is 0 Å². The summed E-state index contributed by atoms with van der Waals surface area (Å²) < 4.78 is 14.1. The number of aliphatic imine (C=N–C) groups is 1. The fourth-order valence-corrected chi connectivity index (χ4v) is 2.53. The molecule has 0 spiro atoms. The van der Waals surface area contributed by atoms with Gasteiger partial charge in [0, 0.05) is 30.4 Å². The normalized spacial score (nSPS) is 14.0. The molecule has 0 radical (unpaired) electrons. The standard InChI is InChI=1S/C17H14FN3/c1-21-9-8-20-17(13-4-2-3-5-15(13)18)14-10-12(11-19)6-7-16(14)21/h2-7,10H,8-9H2,1H3. The van der Waals surface area contributed by atoms with Crippen molar-refractivity contribution < 1.29 is 4.39 Å². The van der Waals surface area contributed by atoms with Gasteiger partial charge in [-0.2, -0.15) is 5.26 Å². The fraction of sp³-hybridized carbons (Fsp3) is 0.176. The number of benzene rings is 2. The summed E-state index contributed by atoms with van der Waals surface area (Å²) in [6.07, 6.45) is 0. The summed E-state index contributed by atoms with van der Waals surface area (Å²) in [5.41, 5.74) is 3.41. The summed E-state index contributed by atoms with van der Waals surface area (Å²) in [6, 6.07) is 14.2. The van der Waals surface area contributed by atoms with Gasteiger partial charge in [-0.05, 0) is 30.3 Å². The van der Waals surface area contributed by atoms with Gasteiger partial charge in [0.25, 0.3) is 0 Å². The minimum absolute atomic E-state index is 0.297. The van der Waals surface area contributed by atoms with Gasteiger partial charge in [-0.1, -0.05) is 12.1 Å². The van der Waals surface area contributed by atoms with E-state index in [1.807, 2.05) is 13.1 Å². The van der Waals surface area contributed by atoms with Gasteiger partial charge < -0.3 is 4.90 Å². The Bertz CT molecular complexity index is 759. The average Bonchev–Trinajstić information content (AvgIpc) is 2.67.